The van der Waals surface area contributed by atoms with Crippen LogP contribution in [0.25, 0.3) is 0 Å². The summed E-state index contributed by atoms with van der Waals surface area (Å²) in [6.45, 7) is -0.254. The van der Waals surface area contributed by atoms with Crippen LogP contribution in [0, 0.1) is 10.1 Å². The molecule has 18 heavy (non-hydrogen) atoms. The first-order chi connectivity index (χ1) is 8.54. The van der Waals surface area contributed by atoms with Crippen LogP contribution in [0.5, 0.6) is 0 Å². The lowest BCUT2D eigenvalue weighted by Crippen LogP contribution is -2.31. The number of hydrogen-bond acceptors (Lipinski definition) is 5. The molecule has 1 aromatic rings. The van der Waals surface area contributed by atoms with Gasteiger partial charge in [0.1, 0.15) is 6.54 Å². The van der Waals surface area contributed by atoms with E-state index in [0.29, 0.717) is 5.56 Å². The van der Waals surface area contributed by atoms with Gasteiger partial charge in [-0.05, 0) is 0 Å². The molecule has 1 aromatic carbocycles. The van der Waals surface area contributed by atoms with Crippen LogP contribution < -0.4 is 5.32 Å². The van der Waals surface area contributed by atoms with Gasteiger partial charge in [0.2, 0.25) is 5.91 Å². The minimum atomic E-state index is -0.578. The highest BCUT2D eigenvalue weighted by molar-refractivity contribution is 5.84. The lowest BCUT2D eigenvalue weighted by Gasteiger charge is -2.04. The number of nitro groups is 1. The monoisotopic (exact) mass is 252 g/mol. The Morgan fingerprint density at radius 2 is 2.06 bits per heavy atom. The van der Waals surface area contributed by atoms with E-state index in [4.69, 9.17) is 0 Å². The lowest BCUT2D eigenvalue weighted by atomic mass is 10.1. The topological polar surface area (TPSA) is 98.5 Å². The summed E-state index contributed by atoms with van der Waals surface area (Å²) < 4.78 is 4.35. The summed E-state index contributed by atoms with van der Waals surface area (Å²) in [4.78, 5) is 32.4. The highest BCUT2D eigenvalue weighted by Gasteiger charge is 2.15. The fraction of sp³-hybridized carbons (Fsp3) is 0.273. The van der Waals surface area contributed by atoms with Gasteiger partial charge in [-0.15, -0.1) is 0 Å². The Hall–Kier alpha value is -2.44. The number of methoxy groups -OCH3 is 1. The van der Waals surface area contributed by atoms with E-state index in [2.05, 4.69) is 10.1 Å². The third-order valence-corrected chi connectivity index (χ3v) is 2.20. The largest absolute Gasteiger partial charge is 0.468 e. The maximum absolute atomic E-state index is 11.5. The standard InChI is InChI=1S/C11H12N2O5/c1-18-11(15)7-12-10(14)6-8-4-2-3-5-9(8)13(16)17/h2-5H,6-7H2,1H3,(H,12,14). The van der Waals surface area contributed by atoms with E-state index in [9.17, 15) is 19.7 Å². The van der Waals surface area contributed by atoms with Crippen LogP contribution in [0.3, 0.4) is 0 Å². The number of para-hydroxylation sites is 1. The number of nitro benzene ring substituents is 1. The summed E-state index contributed by atoms with van der Waals surface area (Å²) in [6.07, 6.45) is -0.159. The Bertz CT molecular complexity index is 472. The molecule has 0 saturated carbocycles. The molecule has 1 rings (SSSR count). The zero-order valence-corrected chi connectivity index (χ0v) is 9.71. The summed E-state index contributed by atoms with van der Waals surface area (Å²) in [5.41, 5.74) is 0.176. The number of esters is 1. The molecule has 0 spiro atoms. The zero-order valence-electron chi connectivity index (χ0n) is 9.71. The van der Waals surface area contributed by atoms with E-state index in [1.165, 1.54) is 25.3 Å². The summed E-state index contributed by atoms with van der Waals surface area (Å²) in [5.74, 6) is -1.05. The molecule has 0 aliphatic heterocycles. The van der Waals surface area contributed by atoms with Crippen molar-refractivity contribution in [3.8, 4) is 0 Å². The highest BCUT2D eigenvalue weighted by atomic mass is 16.6. The van der Waals surface area contributed by atoms with E-state index in [-0.39, 0.29) is 18.7 Å². The average Bonchev–Trinajstić information content (AvgIpc) is 2.36. The number of rotatable bonds is 5. The lowest BCUT2D eigenvalue weighted by molar-refractivity contribution is -0.385. The Kier molecular flexibility index (Phi) is 4.79. The Morgan fingerprint density at radius 1 is 1.39 bits per heavy atom. The van der Waals surface area contributed by atoms with Crippen molar-refractivity contribution in [1.29, 1.82) is 0 Å². The Morgan fingerprint density at radius 3 is 2.67 bits per heavy atom. The Balaban J connectivity index is 2.65. The van der Waals surface area contributed by atoms with Crippen LogP contribution in [0.1, 0.15) is 5.56 Å². The van der Waals surface area contributed by atoms with Crippen molar-refractivity contribution in [2.75, 3.05) is 13.7 Å². The fourth-order valence-electron chi connectivity index (χ4n) is 1.32. The van der Waals surface area contributed by atoms with Crippen molar-refractivity contribution in [1.82, 2.24) is 5.32 Å². The van der Waals surface area contributed by atoms with Gasteiger partial charge in [-0.3, -0.25) is 19.7 Å². The second kappa shape index (κ2) is 6.33. The molecule has 0 aromatic heterocycles. The van der Waals surface area contributed by atoms with Gasteiger partial charge in [-0.25, -0.2) is 0 Å². The van der Waals surface area contributed by atoms with Crippen molar-refractivity contribution in [2.24, 2.45) is 0 Å². The second-order valence-corrected chi connectivity index (χ2v) is 3.42. The van der Waals surface area contributed by atoms with Crippen molar-refractivity contribution in [2.45, 2.75) is 6.42 Å². The predicted molar refractivity (Wildman–Crippen MR) is 61.8 cm³/mol. The number of nitrogens with one attached hydrogen (secondary N) is 1. The van der Waals surface area contributed by atoms with E-state index in [1.54, 1.807) is 6.07 Å². The van der Waals surface area contributed by atoms with E-state index < -0.39 is 16.8 Å². The third-order valence-electron chi connectivity index (χ3n) is 2.20. The van der Waals surface area contributed by atoms with Gasteiger partial charge >= 0.3 is 5.97 Å². The molecule has 0 fully saturated rings. The van der Waals surface area contributed by atoms with Crippen molar-refractivity contribution >= 4 is 17.6 Å². The molecule has 0 heterocycles. The minimum Gasteiger partial charge on any atom is -0.468 e. The number of benzene rings is 1. The normalized spacial score (nSPS) is 9.61. The summed E-state index contributed by atoms with van der Waals surface area (Å²) >= 11 is 0. The number of hydrogen-bond donors (Lipinski definition) is 1. The molecule has 0 radical (unpaired) electrons. The highest BCUT2D eigenvalue weighted by Crippen LogP contribution is 2.17. The van der Waals surface area contributed by atoms with E-state index in [0.717, 1.165) is 0 Å². The van der Waals surface area contributed by atoms with Gasteiger partial charge in [-0.1, -0.05) is 18.2 Å². The number of carbonyl (C=O) groups is 2. The number of ether oxygens (including phenoxy) is 1. The zero-order chi connectivity index (χ0) is 13.5. The first-order valence-corrected chi connectivity index (χ1v) is 5.10. The molecule has 0 aliphatic carbocycles. The van der Waals surface area contributed by atoms with Gasteiger partial charge in [0.25, 0.3) is 5.69 Å². The first kappa shape index (κ1) is 13.6. The van der Waals surface area contributed by atoms with Gasteiger partial charge < -0.3 is 10.1 Å². The summed E-state index contributed by atoms with van der Waals surface area (Å²) in [5, 5.41) is 13.0. The van der Waals surface area contributed by atoms with Crippen LogP contribution in [0.15, 0.2) is 24.3 Å². The van der Waals surface area contributed by atoms with Gasteiger partial charge in [-0.2, -0.15) is 0 Å². The van der Waals surface area contributed by atoms with Crippen LogP contribution in [0.2, 0.25) is 0 Å². The van der Waals surface area contributed by atoms with Crippen LogP contribution in [-0.4, -0.2) is 30.5 Å². The third kappa shape index (κ3) is 3.85. The van der Waals surface area contributed by atoms with Crippen LogP contribution in [0.4, 0.5) is 5.69 Å². The average molecular weight is 252 g/mol. The molecule has 96 valence electrons. The van der Waals surface area contributed by atoms with Crippen molar-refractivity contribution < 1.29 is 19.2 Å². The molecule has 1 amide bonds. The molecule has 0 atom stereocenters. The second-order valence-electron chi connectivity index (χ2n) is 3.42. The molecule has 7 nitrogen and oxygen atoms in total. The van der Waals surface area contributed by atoms with Gasteiger partial charge in [0.15, 0.2) is 0 Å². The molecular weight excluding hydrogens is 240 g/mol. The number of carbonyl (C=O) groups excluding carboxylic acids is 2. The maximum atomic E-state index is 11.5. The Labute approximate surface area is 103 Å². The smallest absolute Gasteiger partial charge is 0.325 e. The quantitative estimate of drug-likeness (QED) is 0.465. The van der Waals surface area contributed by atoms with Gasteiger partial charge in [0, 0.05) is 11.6 Å². The number of nitrogens with zero attached hydrogens (tertiary/aromatic N) is 1. The molecule has 7 heteroatoms. The van der Waals surface area contributed by atoms with Crippen molar-refractivity contribution in [3.63, 3.8) is 0 Å². The summed E-state index contributed by atoms with van der Waals surface area (Å²) in [7, 11) is 1.20. The fourth-order valence-corrected chi connectivity index (χ4v) is 1.32. The van der Waals surface area contributed by atoms with Gasteiger partial charge in [0.05, 0.1) is 18.5 Å². The molecule has 0 aliphatic rings. The molecule has 0 saturated heterocycles. The summed E-state index contributed by atoms with van der Waals surface area (Å²) in [6, 6.07) is 5.95. The minimum absolute atomic E-state index is 0.120. The van der Waals surface area contributed by atoms with E-state index >= 15 is 0 Å². The van der Waals surface area contributed by atoms with E-state index in [1.807, 2.05) is 0 Å². The SMILES string of the molecule is COC(=O)CNC(=O)Cc1ccccc1[N+](=O)[O-]. The van der Waals surface area contributed by atoms with Crippen LogP contribution >= 0.6 is 0 Å². The van der Waals surface area contributed by atoms with Crippen molar-refractivity contribution in [3.05, 3.63) is 39.9 Å². The molecule has 0 unspecified atom stereocenters. The maximum Gasteiger partial charge on any atom is 0.325 e. The van der Waals surface area contributed by atoms with Crippen LogP contribution in [-0.2, 0) is 20.7 Å². The predicted octanol–water partition coefficient (Wildman–Crippen LogP) is 0.426. The molecule has 0 bridgehead atoms. The molecule has 1 N–H and O–H groups in total. The number of amides is 1. The molecular formula is C11H12N2O5. The first-order valence-electron chi connectivity index (χ1n) is 5.10.